The van der Waals surface area contributed by atoms with Gasteiger partial charge in [-0.3, -0.25) is 4.79 Å². The number of nitrogens with one attached hydrogen (secondary N) is 1. The first-order valence-electron chi connectivity index (χ1n) is 12.2. The van der Waals surface area contributed by atoms with Crippen LogP contribution in [0.25, 0.3) is 0 Å². The Bertz CT molecular complexity index is 344. The van der Waals surface area contributed by atoms with Gasteiger partial charge in [0.2, 0.25) is 0 Å². The number of allylic oxidation sites excluding steroid dienone is 1. The molecule has 0 spiro atoms. The summed E-state index contributed by atoms with van der Waals surface area (Å²) in [6.45, 7) is 5.91. The molecular formula is C25H47NO. The van der Waals surface area contributed by atoms with Gasteiger partial charge in [0, 0.05) is 12.3 Å². The number of carbonyl (C=O) groups excluding carboxylic acids is 1. The molecule has 1 unspecified atom stereocenters. The van der Waals surface area contributed by atoms with Crippen LogP contribution >= 0.6 is 0 Å². The van der Waals surface area contributed by atoms with Gasteiger partial charge >= 0.3 is 0 Å². The number of ketones is 1. The molecule has 1 saturated heterocycles. The Balaban J connectivity index is 1.76. The molecule has 0 bridgehead atoms. The third kappa shape index (κ3) is 15.0. The van der Waals surface area contributed by atoms with Crippen molar-refractivity contribution in [3.63, 3.8) is 0 Å². The van der Waals surface area contributed by atoms with Gasteiger partial charge in [-0.05, 0) is 51.6 Å². The lowest BCUT2D eigenvalue weighted by Gasteiger charge is -2.12. The Morgan fingerprint density at radius 1 is 0.741 bits per heavy atom. The van der Waals surface area contributed by atoms with E-state index in [0.717, 1.165) is 38.8 Å². The van der Waals surface area contributed by atoms with Crippen LogP contribution in [0.5, 0.6) is 0 Å². The van der Waals surface area contributed by atoms with Crippen LogP contribution in [0.3, 0.4) is 0 Å². The van der Waals surface area contributed by atoms with Gasteiger partial charge in [-0.15, -0.1) is 6.58 Å². The predicted molar refractivity (Wildman–Crippen MR) is 119 cm³/mol. The molecule has 1 atom stereocenters. The molecular weight excluding hydrogens is 330 g/mol. The highest BCUT2D eigenvalue weighted by Gasteiger charge is 2.18. The molecule has 1 aliphatic heterocycles. The first-order chi connectivity index (χ1) is 13.3. The van der Waals surface area contributed by atoms with Gasteiger partial charge in [0.1, 0.15) is 5.78 Å². The summed E-state index contributed by atoms with van der Waals surface area (Å²) < 4.78 is 0. The van der Waals surface area contributed by atoms with Crippen LogP contribution in [0.2, 0.25) is 0 Å². The number of carbonyl (C=O) groups is 1. The van der Waals surface area contributed by atoms with E-state index in [-0.39, 0.29) is 0 Å². The van der Waals surface area contributed by atoms with Crippen molar-refractivity contribution in [2.45, 2.75) is 122 Å². The lowest BCUT2D eigenvalue weighted by molar-refractivity contribution is -0.123. The van der Waals surface area contributed by atoms with Crippen LogP contribution in [0.1, 0.15) is 122 Å². The van der Waals surface area contributed by atoms with Crippen molar-refractivity contribution >= 4 is 5.78 Å². The van der Waals surface area contributed by atoms with Crippen LogP contribution < -0.4 is 5.32 Å². The maximum Gasteiger partial charge on any atom is 0.136 e. The highest BCUT2D eigenvalue weighted by Crippen LogP contribution is 2.19. The average Bonchev–Trinajstić information content (AvgIpc) is 2.97. The minimum Gasteiger partial charge on any atom is -0.317 e. The normalized spacial score (nSPS) is 17.6. The monoisotopic (exact) mass is 377 g/mol. The van der Waals surface area contributed by atoms with E-state index in [1.807, 2.05) is 6.08 Å². The van der Waals surface area contributed by atoms with Crippen molar-refractivity contribution in [1.82, 2.24) is 5.32 Å². The molecule has 158 valence electrons. The van der Waals surface area contributed by atoms with Gasteiger partial charge in [0.05, 0.1) is 0 Å². The average molecular weight is 378 g/mol. The number of hydrogen-bond donors (Lipinski definition) is 1. The molecule has 1 fully saturated rings. The second-order valence-corrected chi connectivity index (χ2v) is 8.62. The van der Waals surface area contributed by atoms with Crippen LogP contribution in [-0.2, 0) is 4.79 Å². The number of Topliss-reactive ketones (excluding diaryl/α,β-unsaturated/α-hetero) is 1. The summed E-state index contributed by atoms with van der Waals surface area (Å²) in [5, 5.41) is 3.40. The molecule has 2 nitrogen and oxygen atoms in total. The summed E-state index contributed by atoms with van der Waals surface area (Å²) in [6, 6.07) is 0. The third-order valence-electron chi connectivity index (χ3n) is 6.11. The lowest BCUT2D eigenvalue weighted by Crippen LogP contribution is -2.17. The van der Waals surface area contributed by atoms with Crippen LogP contribution in [0, 0.1) is 5.92 Å². The van der Waals surface area contributed by atoms with Gasteiger partial charge in [-0.1, -0.05) is 83.1 Å². The van der Waals surface area contributed by atoms with Gasteiger partial charge in [0.15, 0.2) is 0 Å². The molecule has 0 aromatic carbocycles. The molecule has 0 aromatic rings. The van der Waals surface area contributed by atoms with E-state index in [2.05, 4.69) is 11.9 Å². The van der Waals surface area contributed by atoms with Crippen molar-refractivity contribution in [3.05, 3.63) is 12.7 Å². The fourth-order valence-corrected chi connectivity index (χ4v) is 4.25. The molecule has 1 N–H and O–H groups in total. The highest BCUT2D eigenvalue weighted by atomic mass is 16.1. The van der Waals surface area contributed by atoms with Gasteiger partial charge in [-0.2, -0.15) is 0 Å². The van der Waals surface area contributed by atoms with E-state index < -0.39 is 0 Å². The summed E-state index contributed by atoms with van der Waals surface area (Å²) in [5.41, 5.74) is 0. The maximum absolute atomic E-state index is 12.3. The van der Waals surface area contributed by atoms with Gasteiger partial charge < -0.3 is 5.32 Å². The second-order valence-electron chi connectivity index (χ2n) is 8.62. The predicted octanol–water partition coefficient (Wildman–Crippen LogP) is 7.37. The fourth-order valence-electron chi connectivity index (χ4n) is 4.25. The van der Waals surface area contributed by atoms with E-state index in [1.165, 1.54) is 96.3 Å². The first kappa shape index (κ1) is 24.4. The zero-order chi connectivity index (χ0) is 19.4. The topological polar surface area (TPSA) is 29.1 Å². The van der Waals surface area contributed by atoms with Crippen molar-refractivity contribution < 1.29 is 4.79 Å². The fraction of sp³-hybridized carbons (Fsp3) is 0.880. The second kappa shape index (κ2) is 18.7. The molecule has 0 radical (unpaired) electrons. The van der Waals surface area contributed by atoms with E-state index in [0.29, 0.717) is 11.7 Å². The van der Waals surface area contributed by atoms with E-state index in [4.69, 9.17) is 0 Å². The Labute approximate surface area is 170 Å². The van der Waals surface area contributed by atoms with Crippen LogP contribution in [0.4, 0.5) is 0 Å². The van der Waals surface area contributed by atoms with E-state index >= 15 is 0 Å². The Hall–Kier alpha value is -0.630. The molecule has 0 aromatic heterocycles. The number of rotatable bonds is 18. The summed E-state index contributed by atoms with van der Waals surface area (Å²) in [4.78, 5) is 12.3. The highest BCUT2D eigenvalue weighted by molar-refractivity contribution is 5.80. The van der Waals surface area contributed by atoms with Crippen LogP contribution in [0.15, 0.2) is 12.7 Å². The summed E-state index contributed by atoms with van der Waals surface area (Å²) in [5.74, 6) is 0.895. The molecule has 2 heteroatoms. The van der Waals surface area contributed by atoms with Gasteiger partial charge in [-0.25, -0.2) is 0 Å². The molecule has 1 aliphatic rings. The molecule has 0 saturated carbocycles. The van der Waals surface area contributed by atoms with Crippen molar-refractivity contribution in [2.75, 3.05) is 13.1 Å². The molecule has 27 heavy (non-hydrogen) atoms. The SMILES string of the molecule is C=CCCCCCCCCCCCCCCCCC(=O)C1CCCNCC1. The first-order valence-corrected chi connectivity index (χ1v) is 12.2. The molecule has 1 rings (SSSR count). The van der Waals surface area contributed by atoms with Crippen molar-refractivity contribution in [3.8, 4) is 0 Å². The maximum atomic E-state index is 12.3. The third-order valence-corrected chi connectivity index (χ3v) is 6.11. The number of unbranched alkanes of at least 4 members (excludes halogenated alkanes) is 14. The Kier molecular flexibility index (Phi) is 16.9. The largest absolute Gasteiger partial charge is 0.317 e. The minimum atomic E-state index is 0.354. The van der Waals surface area contributed by atoms with Crippen molar-refractivity contribution in [2.24, 2.45) is 5.92 Å². The smallest absolute Gasteiger partial charge is 0.136 e. The summed E-state index contributed by atoms with van der Waals surface area (Å²) in [6.07, 6.45) is 26.5. The van der Waals surface area contributed by atoms with Crippen LogP contribution in [-0.4, -0.2) is 18.9 Å². The standard InChI is InChI=1S/C25H47NO/c1-2-3-4-5-6-7-8-9-10-11-12-13-14-15-16-17-20-25(27)24-19-18-22-26-23-21-24/h2,24,26H,1,3-23H2. The zero-order valence-electron chi connectivity index (χ0n) is 18.1. The minimum absolute atomic E-state index is 0.354. The number of hydrogen-bond acceptors (Lipinski definition) is 2. The summed E-state index contributed by atoms with van der Waals surface area (Å²) >= 11 is 0. The van der Waals surface area contributed by atoms with E-state index in [1.54, 1.807) is 0 Å². The van der Waals surface area contributed by atoms with E-state index in [9.17, 15) is 4.79 Å². The quantitative estimate of drug-likeness (QED) is 0.199. The molecule has 0 amide bonds. The zero-order valence-corrected chi connectivity index (χ0v) is 18.1. The van der Waals surface area contributed by atoms with Gasteiger partial charge in [0.25, 0.3) is 0 Å². The van der Waals surface area contributed by atoms with Crippen molar-refractivity contribution in [1.29, 1.82) is 0 Å². The Morgan fingerprint density at radius 2 is 1.26 bits per heavy atom. The lowest BCUT2D eigenvalue weighted by atomic mass is 9.92. The molecule has 0 aliphatic carbocycles. The summed E-state index contributed by atoms with van der Waals surface area (Å²) in [7, 11) is 0. The molecule has 1 heterocycles. The Morgan fingerprint density at radius 3 is 1.81 bits per heavy atom.